The van der Waals surface area contributed by atoms with Crippen molar-refractivity contribution in [2.75, 3.05) is 0 Å². The molecule has 0 unspecified atom stereocenters. The zero-order valence-corrected chi connectivity index (χ0v) is 14.5. The summed E-state index contributed by atoms with van der Waals surface area (Å²) in [7, 11) is 0. The largest absolute Gasteiger partial charge is 0.297 e. The number of carbonyl (C=O) groups is 2. The molecule has 2 spiro atoms. The Labute approximate surface area is 144 Å². The molecular formula is C22H28O2. The molecule has 0 aliphatic heterocycles. The Kier molecular flexibility index (Phi) is 2.18. The molecule has 2 nitrogen and oxygen atoms in total. The monoisotopic (exact) mass is 324 g/mol. The molecule has 2 heteroatoms. The second kappa shape index (κ2) is 3.86. The Morgan fingerprint density at radius 1 is 0.458 bits per heavy atom. The van der Waals surface area contributed by atoms with E-state index in [0.717, 1.165) is 23.7 Å². The quantitative estimate of drug-likeness (QED) is 0.631. The van der Waals surface area contributed by atoms with E-state index < -0.39 is 10.8 Å². The number of hydrogen-bond donors (Lipinski definition) is 0. The van der Waals surface area contributed by atoms with Gasteiger partial charge in [0.1, 0.15) is 0 Å². The standard InChI is InChI=1S/C22H28O2/c23-19-21(15-3-11-1-12(5-15)6-16(21)4-11)20(24)22(19)17-7-13-2-14(9-17)10-18(22)8-13/h11-18H,1-10H2. The molecule has 0 heterocycles. The summed E-state index contributed by atoms with van der Waals surface area (Å²) in [6.07, 6.45) is 12.4. The molecule has 0 aromatic heterocycles. The highest BCUT2D eigenvalue weighted by atomic mass is 16.2. The summed E-state index contributed by atoms with van der Waals surface area (Å²) in [4.78, 5) is 28.0. The number of hydrogen-bond acceptors (Lipinski definition) is 2. The molecule has 8 bridgehead atoms. The zero-order valence-electron chi connectivity index (χ0n) is 14.5. The van der Waals surface area contributed by atoms with E-state index in [1.807, 2.05) is 0 Å². The topological polar surface area (TPSA) is 34.1 Å². The molecule has 9 saturated carbocycles. The first-order chi connectivity index (χ1) is 11.6. The van der Waals surface area contributed by atoms with Crippen LogP contribution in [0, 0.1) is 58.2 Å². The first kappa shape index (κ1) is 13.5. The van der Waals surface area contributed by atoms with E-state index in [0.29, 0.717) is 35.2 Å². The van der Waals surface area contributed by atoms with Crippen LogP contribution in [0.1, 0.15) is 64.2 Å². The van der Waals surface area contributed by atoms with E-state index in [1.165, 1.54) is 64.2 Å². The number of carbonyl (C=O) groups excluding carboxylic acids is 2. The van der Waals surface area contributed by atoms with Crippen molar-refractivity contribution in [3.63, 3.8) is 0 Å². The van der Waals surface area contributed by atoms with Crippen LogP contribution in [0.5, 0.6) is 0 Å². The fourth-order valence-electron chi connectivity index (χ4n) is 10.2. The summed E-state index contributed by atoms with van der Waals surface area (Å²) in [5.41, 5.74) is -0.939. The minimum Gasteiger partial charge on any atom is -0.297 e. The fraction of sp³-hybridized carbons (Fsp3) is 0.909. The second-order valence-corrected chi connectivity index (χ2v) is 11.0. The average Bonchev–Trinajstić information content (AvgIpc) is 2.53. The van der Waals surface area contributed by atoms with Crippen LogP contribution in [0.2, 0.25) is 0 Å². The van der Waals surface area contributed by atoms with Gasteiger partial charge >= 0.3 is 0 Å². The van der Waals surface area contributed by atoms with E-state index in [4.69, 9.17) is 0 Å². The summed E-state index contributed by atoms with van der Waals surface area (Å²) in [5, 5.41) is 0. The molecule has 9 aliphatic rings. The highest BCUT2D eigenvalue weighted by Gasteiger charge is 2.83. The van der Waals surface area contributed by atoms with Crippen molar-refractivity contribution >= 4 is 11.6 Å². The van der Waals surface area contributed by atoms with Crippen molar-refractivity contribution in [2.45, 2.75) is 64.2 Å². The minimum absolute atomic E-state index is 0.441. The predicted octanol–water partition coefficient (Wildman–Crippen LogP) is 4.02. The Hall–Kier alpha value is -0.660. The van der Waals surface area contributed by atoms with Crippen LogP contribution in [0.25, 0.3) is 0 Å². The van der Waals surface area contributed by atoms with E-state index >= 15 is 0 Å². The fourth-order valence-corrected chi connectivity index (χ4v) is 10.2. The van der Waals surface area contributed by atoms with E-state index in [1.54, 1.807) is 0 Å². The molecule has 0 amide bonds. The van der Waals surface area contributed by atoms with Gasteiger partial charge in [0.15, 0.2) is 11.6 Å². The van der Waals surface area contributed by atoms with Crippen LogP contribution in [0.4, 0.5) is 0 Å². The lowest BCUT2D eigenvalue weighted by Gasteiger charge is -2.73. The molecule has 24 heavy (non-hydrogen) atoms. The Bertz CT molecular complexity index is 543. The number of rotatable bonds is 0. The highest BCUT2D eigenvalue weighted by Crippen LogP contribution is 2.76. The van der Waals surface area contributed by atoms with Gasteiger partial charge in [-0.05, 0) is 112 Å². The lowest BCUT2D eigenvalue weighted by molar-refractivity contribution is -0.227. The van der Waals surface area contributed by atoms with E-state index in [9.17, 15) is 9.59 Å². The van der Waals surface area contributed by atoms with Crippen LogP contribution in [-0.2, 0) is 9.59 Å². The molecule has 9 rings (SSSR count). The van der Waals surface area contributed by atoms with Gasteiger partial charge in [0.25, 0.3) is 0 Å². The molecule has 0 radical (unpaired) electrons. The predicted molar refractivity (Wildman–Crippen MR) is 89.0 cm³/mol. The van der Waals surface area contributed by atoms with Gasteiger partial charge in [-0.1, -0.05) is 0 Å². The Morgan fingerprint density at radius 2 is 0.708 bits per heavy atom. The van der Waals surface area contributed by atoms with Crippen LogP contribution in [0.3, 0.4) is 0 Å². The van der Waals surface area contributed by atoms with Crippen LogP contribution >= 0.6 is 0 Å². The third-order valence-electron chi connectivity index (χ3n) is 10.4. The van der Waals surface area contributed by atoms with Crippen molar-refractivity contribution in [3.8, 4) is 0 Å². The maximum atomic E-state index is 14.0. The van der Waals surface area contributed by atoms with Gasteiger partial charge in [0, 0.05) is 0 Å². The van der Waals surface area contributed by atoms with Gasteiger partial charge in [-0.3, -0.25) is 9.59 Å². The molecule has 9 aliphatic carbocycles. The SMILES string of the molecule is O=C1C2(C(=O)C13C1CC4CC(C1)CC3C4)C1CC3CC(C1)CC2C3. The Balaban J connectivity index is 1.34. The normalized spacial score (nSPS) is 65.2. The zero-order chi connectivity index (χ0) is 15.8. The third-order valence-corrected chi connectivity index (χ3v) is 10.4. The number of Topliss-reactive ketones (excluding diaryl/α,β-unsaturated/α-hetero) is 2. The van der Waals surface area contributed by atoms with Crippen molar-refractivity contribution in [1.29, 1.82) is 0 Å². The molecule has 0 N–H and O–H groups in total. The van der Waals surface area contributed by atoms with Crippen molar-refractivity contribution in [1.82, 2.24) is 0 Å². The van der Waals surface area contributed by atoms with Crippen molar-refractivity contribution in [3.05, 3.63) is 0 Å². The molecule has 9 fully saturated rings. The van der Waals surface area contributed by atoms with Crippen LogP contribution in [-0.4, -0.2) is 11.6 Å². The molecule has 0 aromatic rings. The Morgan fingerprint density at radius 3 is 0.958 bits per heavy atom. The summed E-state index contributed by atoms with van der Waals surface area (Å²) in [6.45, 7) is 0. The van der Waals surface area contributed by atoms with Gasteiger partial charge in [-0.2, -0.15) is 0 Å². The molecule has 0 atom stereocenters. The van der Waals surface area contributed by atoms with Crippen LogP contribution < -0.4 is 0 Å². The molecule has 0 saturated heterocycles. The third kappa shape index (κ3) is 1.16. The first-order valence-electron chi connectivity index (χ1n) is 10.7. The van der Waals surface area contributed by atoms with E-state index in [-0.39, 0.29) is 0 Å². The minimum atomic E-state index is -0.469. The first-order valence-corrected chi connectivity index (χ1v) is 10.7. The molecular weight excluding hydrogens is 296 g/mol. The van der Waals surface area contributed by atoms with Crippen molar-refractivity contribution < 1.29 is 9.59 Å². The summed E-state index contributed by atoms with van der Waals surface area (Å²) >= 11 is 0. The smallest absolute Gasteiger partial charge is 0.161 e. The number of ketones is 2. The highest BCUT2D eigenvalue weighted by molar-refractivity contribution is 6.32. The summed E-state index contributed by atoms with van der Waals surface area (Å²) in [5.74, 6) is 6.14. The van der Waals surface area contributed by atoms with Crippen molar-refractivity contribution in [2.24, 2.45) is 58.2 Å². The maximum Gasteiger partial charge on any atom is 0.161 e. The lowest BCUT2D eigenvalue weighted by atomic mass is 9.27. The summed E-state index contributed by atoms with van der Waals surface area (Å²) < 4.78 is 0. The molecule has 128 valence electrons. The van der Waals surface area contributed by atoms with Gasteiger partial charge in [0.05, 0.1) is 10.8 Å². The second-order valence-electron chi connectivity index (χ2n) is 11.0. The van der Waals surface area contributed by atoms with E-state index in [2.05, 4.69) is 0 Å². The maximum absolute atomic E-state index is 14.0. The van der Waals surface area contributed by atoms with Gasteiger partial charge < -0.3 is 0 Å². The summed E-state index contributed by atoms with van der Waals surface area (Å²) in [6, 6.07) is 0. The van der Waals surface area contributed by atoms with Gasteiger partial charge in [-0.25, -0.2) is 0 Å². The lowest BCUT2D eigenvalue weighted by Crippen LogP contribution is -2.81. The molecule has 0 aromatic carbocycles. The van der Waals surface area contributed by atoms with Gasteiger partial charge in [0.2, 0.25) is 0 Å². The van der Waals surface area contributed by atoms with Gasteiger partial charge in [-0.15, -0.1) is 0 Å². The van der Waals surface area contributed by atoms with Crippen LogP contribution in [0.15, 0.2) is 0 Å². The average molecular weight is 324 g/mol.